The zero-order valence-electron chi connectivity index (χ0n) is 14.6. The summed E-state index contributed by atoms with van der Waals surface area (Å²) in [5.74, 6) is -0.900. The first-order chi connectivity index (χ1) is 9.92. The Balaban J connectivity index is 4.58. The Morgan fingerprint density at radius 3 is 1.86 bits per heavy atom. The van der Waals surface area contributed by atoms with Crippen LogP contribution in [0.15, 0.2) is 24.3 Å². The van der Waals surface area contributed by atoms with Crippen molar-refractivity contribution in [1.82, 2.24) is 0 Å². The normalized spacial score (nSPS) is 13.9. The molecule has 0 bridgehead atoms. The van der Waals surface area contributed by atoms with Crippen molar-refractivity contribution in [1.29, 1.82) is 0 Å². The molecule has 0 N–H and O–H groups in total. The van der Waals surface area contributed by atoms with Gasteiger partial charge in [0.1, 0.15) is 12.2 Å². The Bertz CT molecular complexity index is 450. The summed E-state index contributed by atoms with van der Waals surface area (Å²) in [6.07, 6.45) is 0.591. The second kappa shape index (κ2) is 8.13. The van der Waals surface area contributed by atoms with Crippen LogP contribution in [0, 0.1) is 0 Å². The largest absolute Gasteiger partial charge is 0.459 e. The molecule has 22 heavy (non-hydrogen) atoms. The third-order valence-electron chi connectivity index (χ3n) is 3.10. The fourth-order valence-corrected chi connectivity index (χ4v) is 1.27. The van der Waals surface area contributed by atoms with Crippen molar-refractivity contribution >= 4 is 11.9 Å². The molecule has 0 saturated carbocycles. The van der Waals surface area contributed by atoms with Crippen molar-refractivity contribution in [2.75, 3.05) is 13.2 Å². The van der Waals surface area contributed by atoms with Crippen LogP contribution in [0.5, 0.6) is 0 Å². The minimum atomic E-state index is -0.758. The lowest BCUT2D eigenvalue weighted by molar-refractivity contribution is -0.173. The van der Waals surface area contributed by atoms with E-state index in [0.717, 1.165) is 0 Å². The average molecular weight is 312 g/mol. The summed E-state index contributed by atoms with van der Waals surface area (Å²) in [5, 5.41) is 0. The Morgan fingerprint density at radius 1 is 0.955 bits per heavy atom. The van der Waals surface area contributed by atoms with E-state index in [-0.39, 0.29) is 13.2 Å². The Labute approximate surface area is 133 Å². The molecule has 0 aromatic carbocycles. The Kier molecular flexibility index (Phi) is 7.53. The highest BCUT2D eigenvalue weighted by Gasteiger charge is 2.31. The van der Waals surface area contributed by atoms with Crippen molar-refractivity contribution in [2.24, 2.45) is 0 Å². The first-order valence-electron chi connectivity index (χ1n) is 7.28. The smallest absolute Gasteiger partial charge is 0.333 e. The lowest BCUT2D eigenvalue weighted by atomic mass is 10.0. The third kappa shape index (κ3) is 7.41. The Morgan fingerprint density at radius 2 is 1.45 bits per heavy atom. The van der Waals surface area contributed by atoms with E-state index in [0.29, 0.717) is 17.6 Å². The van der Waals surface area contributed by atoms with E-state index in [9.17, 15) is 9.59 Å². The summed E-state index contributed by atoms with van der Waals surface area (Å²) in [6.45, 7) is 17.9. The van der Waals surface area contributed by atoms with Crippen molar-refractivity contribution in [3.05, 3.63) is 24.3 Å². The van der Waals surface area contributed by atoms with Gasteiger partial charge >= 0.3 is 11.9 Å². The first-order valence-corrected chi connectivity index (χ1v) is 7.28. The molecule has 0 aromatic rings. The van der Waals surface area contributed by atoms with Crippen molar-refractivity contribution in [2.45, 2.75) is 59.2 Å². The van der Waals surface area contributed by atoms with E-state index in [1.165, 1.54) is 0 Å². The number of carbonyl (C=O) groups is 2. The molecule has 1 unspecified atom stereocenters. The summed E-state index contributed by atoms with van der Waals surface area (Å²) in [4.78, 5) is 23.1. The molecule has 0 aromatic heterocycles. The number of hydrogen-bond acceptors (Lipinski definition) is 5. The van der Waals surface area contributed by atoms with Crippen LogP contribution >= 0.6 is 0 Å². The quantitative estimate of drug-likeness (QED) is 0.483. The monoisotopic (exact) mass is 312 g/mol. The average Bonchev–Trinajstić information content (AvgIpc) is 2.42. The maximum Gasteiger partial charge on any atom is 0.333 e. The zero-order chi connectivity index (χ0) is 17.6. The molecule has 0 aliphatic rings. The number of rotatable bonds is 9. The molecule has 126 valence electrons. The fraction of sp³-hybridized carbons (Fsp3) is 0.647. The summed E-state index contributed by atoms with van der Waals surface area (Å²) >= 11 is 0. The van der Waals surface area contributed by atoms with Gasteiger partial charge in [-0.3, -0.25) is 0 Å². The first kappa shape index (κ1) is 20.4. The molecule has 0 fully saturated rings. The second-order valence-electron chi connectivity index (χ2n) is 6.38. The highest BCUT2D eigenvalue weighted by molar-refractivity contribution is 5.87. The van der Waals surface area contributed by atoms with Gasteiger partial charge < -0.3 is 14.2 Å². The van der Waals surface area contributed by atoms with Gasteiger partial charge in [-0.1, -0.05) is 20.1 Å². The maximum atomic E-state index is 11.7. The predicted octanol–water partition coefficient (Wildman–Crippen LogP) is 3.19. The van der Waals surface area contributed by atoms with E-state index in [1.807, 2.05) is 6.92 Å². The van der Waals surface area contributed by atoms with Crippen LogP contribution < -0.4 is 0 Å². The molecule has 0 spiro atoms. The highest BCUT2D eigenvalue weighted by atomic mass is 16.6. The third-order valence-corrected chi connectivity index (χ3v) is 3.10. The van der Waals surface area contributed by atoms with Gasteiger partial charge in [-0.05, 0) is 41.0 Å². The summed E-state index contributed by atoms with van der Waals surface area (Å²) in [5.41, 5.74) is -0.776. The summed E-state index contributed by atoms with van der Waals surface area (Å²) in [7, 11) is 0. The molecule has 0 saturated heterocycles. The zero-order valence-corrected chi connectivity index (χ0v) is 14.6. The van der Waals surface area contributed by atoms with Gasteiger partial charge in [0.15, 0.2) is 0 Å². The predicted molar refractivity (Wildman–Crippen MR) is 85.4 cm³/mol. The topological polar surface area (TPSA) is 61.8 Å². The molecule has 1 atom stereocenters. The fourth-order valence-electron chi connectivity index (χ4n) is 1.27. The second-order valence-corrected chi connectivity index (χ2v) is 6.38. The molecule has 0 aliphatic heterocycles. The molecule has 0 amide bonds. The molecule has 0 rings (SSSR count). The molecule has 5 nitrogen and oxygen atoms in total. The van der Waals surface area contributed by atoms with Crippen LogP contribution in [0.1, 0.15) is 48.0 Å². The van der Waals surface area contributed by atoms with Gasteiger partial charge in [-0.15, -0.1) is 0 Å². The maximum absolute atomic E-state index is 11.7. The van der Waals surface area contributed by atoms with Crippen LogP contribution in [-0.4, -0.2) is 36.4 Å². The van der Waals surface area contributed by atoms with E-state index < -0.39 is 23.1 Å². The Hall–Kier alpha value is -1.62. The number of carbonyl (C=O) groups excluding carboxylic acids is 2. The number of ether oxygens (including phenoxy) is 3. The van der Waals surface area contributed by atoms with Gasteiger partial charge in [0, 0.05) is 11.1 Å². The highest BCUT2D eigenvalue weighted by Crippen LogP contribution is 2.21. The van der Waals surface area contributed by atoms with Gasteiger partial charge in [-0.25, -0.2) is 9.59 Å². The van der Waals surface area contributed by atoms with Crippen LogP contribution in [-0.2, 0) is 23.8 Å². The van der Waals surface area contributed by atoms with E-state index in [1.54, 1.807) is 34.6 Å². The van der Waals surface area contributed by atoms with Gasteiger partial charge in [0.25, 0.3) is 0 Å². The molecule has 0 aliphatic carbocycles. The van der Waals surface area contributed by atoms with E-state index in [4.69, 9.17) is 14.2 Å². The minimum Gasteiger partial charge on any atom is -0.459 e. The van der Waals surface area contributed by atoms with Gasteiger partial charge in [0.2, 0.25) is 0 Å². The van der Waals surface area contributed by atoms with Crippen molar-refractivity contribution in [3.8, 4) is 0 Å². The minimum absolute atomic E-state index is 0.0902. The van der Waals surface area contributed by atoms with Gasteiger partial charge in [-0.2, -0.15) is 0 Å². The van der Waals surface area contributed by atoms with Gasteiger partial charge in [0.05, 0.1) is 12.2 Å². The van der Waals surface area contributed by atoms with Crippen molar-refractivity contribution in [3.63, 3.8) is 0 Å². The van der Waals surface area contributed by atoms with Crippen LogP contribution in [0.2, 0.25) is 0 Å². The molecule has 5 heteroatoms. The standard InChI is InChI=1S/C17H28O5/c1-9-17(8,22-15(19)13(4)5)11-21-16(6,7)10-20-14(18)12(2)3/h2,4,9-11H2,1,3,5-8H3. The van der Waals surface area contributed by atoms with Crippen molar-refractivity contribution < 1.29 is 23.8 Å². The SMILES string of the molecule is C=C(C)C(=O)OCC(C)(C)OCC(C)(CC)OC(=O)C(=C)C. The number of esters is 2. The molecule has 0 radical (unpaired) electrons. The van der Waals surface area contributed by atoms with Crippen LogP contribution in [0.3, 0.4) is 0 Å². The summed E-state index contributed by atoms with van der Waals surface area (Å²) in [6, 6.07) is 0. The number of hydrogen-bond donors (Lipinski definition) is 0. The lowest BCUT2D eigenvalue weighted by Gasteiger charge is -2.33. The molecular formula is C17H28O5. The molecule has 0 heterocycles. The molecular weight excluding hydrogens is 284 g/mol. The summed E-state index contributed by atoms with van der Waals surface area (Å²) < 4.78 is 16.3. The van der Waals surface area contributed by atoms with E-state index in [2.05, 4.69) is 13.2 Å². The van der Waals surface area contributed by atoms with Crippen LogP contribution in [0.25, 0.3) is 0 Å². The lowest BCUT2D eigenvalue weighted by Crippen LogP contribution is -2.42. The van der Waals surface area contributed by atoms with Crippen LogP contribution in [0.4, 0.5) is 0 Å². The van der Waals surface area contributed by atoms with E-state index >= 15 is 0 Å².